The zero-order valence-electron chi connectivity index (χ0n) is 14.1. The fourth-order valence-corrected chi connectivity index (χ4v) is 2.41. The molecule has 7 nitrogen and oxygen atoms in total. The van der Waals surface area contributed by atoms with Crippen LogP contribution < -0.4 is 14.8 Å². The molecule has 0 fully saturated rings. The van der Waals surface area contributed by atoms with Gasteiger partial charge in [-0.05, 0) is 42.5 Å². The van der Waals surface area contributed by atoms with Crippen molar-refractivity contribution in [3.8, 4) is 11.5 Å². The number of rotatable bonds is 5. The van der Waals surface area contributed by atoms with E-state index in [4.69, 9.17) is 14.2 Å². The molecule has 1 N–H and O–H groups in total. The zero-order valence-corrected chi connectivity index (χ0v) is 14.1. The van der Waals surface area contributed by atoms with Gasteiger partial charge in [-0.1, -0.05) is 0 Å². The molecule has 0 unspecified atom stereocenters. The maximum absolute atomic E-state index is 12.2. The predicted octanol–water partition coefficient (Wildman–Crippen LogP) is 2.46. The van der Waals surface area contributed by atoms with E-state index in [1.165, 1.54) is 19.1 Å². The van der Waals surface area contributed by atoms with Crippen molar-refractivity contribution in [2.45, 2.75) is 6.92 Å². The molecule has 7 heteroatoms. The molecule has 0 saturated heterocycles. The van der Waals surface area contributed by atoms with Gasteiger partial charge >= 0.3 is 5.97 Å². The molecule has 0 atom stereocenters. The lowest BCUT2D eigenvalue weighted by Crippen LogP contribution is -2.17. The Morgan fingerprint density at radius 1 is 0.962 bits per heavy atom. The lowest BCUT2D eigenvalue weighted by molar-refractivity contribution is -0.114. The van der Waals surface area contributed by atoms with E-state index in [9.17, 15) is 14.4 Å². The van der Waals surface area contributed by atoms with Gasteiger partial charge < -0.3 is 19.5 Å². The van der Waals surface area contributed by atoms with Crippen molar-refractivity contribution in [1.82, 2.24) is 0 Å². The second kappa shape index (κ2) is 7.69. The van der Waals surface area contributed by atoms with Gasteiger partial charge in [-0.25, -0.2) is 4.79 Å². The van der Waals surface area contributed by atoms with Crippen LogP contribution in [0.15, 0.2) is 42.5 Å². The molecule has 1 aliphatic heterocycles. The molecule has 2 aromatic carbocycles. The smallest absolute Gasteiger partial charge is 0.338 e. The second-order valence-electron chi connectivity index (χ2n) is 5.62. The average Bonchev–Trinajstić information content (AvgIpc) is 2.65. The summed E-state index contributed by atoms with van der Waals surface area (Å²) < 4.78 is 15.9. The van der Waals surface area contributed by atoms with Crippen LogP contribution in [0.3, 0.4) is 0 Å². The van der Waals surface area contributed by atoms with Crippen molar-refractivity contribution in [2.24, 2.45) is 0 Å². The number of carbonyl (C=O) groups is 3. The number of Topliss-reactive ketones (excluding diaryl/α,β-unsaturated/α-hetero) is 1. The summed E-state index contributed by atoms with van der Waals surface area (Å²) in [5.41, 5.74) is 1.23. The van der Waals surface area contributed by atoms with Gasteiger partial charge in [0.25, 0.3) is 0 Å². The third-order valence-electron chi connectivity index (χ3n) is 3.64. The van der Waals surface area contributed by atoms with Crippen LogP contribution in [0.2, 0.25) is 0 Å². The number of hydrogen-bond acceptors (Lipinski definition) is 6. The summed E-state index contributed by atoms with van der Waals surface area (Å²) >= 11 is 0. The van der Waals surface area contributed by atoms with Crippen molar-refractivity contribution in [2.75, 3.05) is 25.1 Å². The molecular weight excluding hydrogens is 338 g/mol. The van der Waals surface area contributed by atoms with Gasteiger partial charge in [0.05, 0.1) is 5.56 Å². The maximum Gasteiger partial charge on any atom is 0.338 e. The van der Waals surface area contributed by atoms with Crippen molar-refractivity contribution in [3.63, 3.8) is 0 Å². The van der Waals surface area contributed by atoms with Crippen LogP contribution in [0.25, 0.3) is 0 Å². The molecule has 0 spiro atoms. The van der Waals surface area contributed by atoms with Crippen molar-refractivity contribution in [3.05, 3.63) is 53.6 Å². The maximum atomic E-state index is 12.2. The van der Waals surface area contributed by atoms with Crippen LogP contribution in [0.1, 0.15) is 27.6 Å². The van der Waals surface area contributed by atoms with Crippen LogP contribution >= 0.6 is 0 Å². The first-order chi connectivity index (χ1) is 12.5. The van der Waals surface area contributed by atoms with E-state index in [-0.39, 0.29) is 23.9 Å². The monoisotopic (exact) mass is 355 g/mol. The number of ketones is 1. The van der Waals surface area contributed by atoms with Gasteiger partial charge in [-0.15, -0.1) is 0 Å². The highest BCUT2D eigenvalue weighted by atomic mass is 16.6. The molecule has 26 heavy (non-hydrogen) atoms. The minimum absolute atomic E-state index is 0.203. The third-order valence-corrected chi connectivity index (χ3v) is 3.64. The first-order valence-electron chi connectivity index (χ1n) is 8.00. The topological polar surface area (TPSA) is 90.9 Å². The number of fused-ring (bicyclic) bond motifs is 1. The SMILES string of the molecule is CC(=O)Nc1ccc(C(=O)OCC(=O)c2ccc3c(c2)OCCO3)cc1. The minimum atomic E-state index is -0.620. The fraction of sp³-hybridized carbons (Fsp3) is 0.211. The first kappa shape index (κ1) is 17.5. The number of hydrogen-bond donors (Lipinski definition) is 1. The van der Waals surface area contributed by atoms with Gasteiger partial charge in [0.2, 0.25) is 5.91 Å². The first-order valence-corrected chi connectivity index (χ1v) is 8.00. The average molecular weight is 355 g/mol. The summed E-state index contributed by atoms with van der Waals surface area (Å²) in [4.78, 5) is 35.2. The summed E-state index contributed by atoms with van der Waals surface area (Å²) in [6.07, 6.45) is 0. The molecular formula is C19H17NO6. The lowest BCUT2D eigenvalue weighted by atomic mass is 10.1. The lowest BCUT2D eigenvalue weighted by Gasteiger charge is -2.18. The highest BCUT2D eigenvalue weighted by molar-refractivity contribution is 6.00. The minimum Gasteiger partial charge on any atom is -0.486 e. The summed E-state index contributed by atoms with van der Waals surface area (Å²) in [5, 5.41) is 2.60. The number of carbonyl (C=O) groups excluding carboxylic acids is 3. The Morgan fingerprint density at radius 3 is 2.31 bits per heavy atom. The Balaban J connectivity index is 1.58. The van der Waals surface area contributed by atoms with Gasteiger partial charge in [0.1, 0.15) is 13.2 Å². The largest absolute Gasteiger partial charge is 0.486 e. The van der Waals surface area contributed by atoms with E-state index in [0.29, 0.717) is 36.0 Å². The Labute approximate surface area is 149 Å². The Bertz CT molecular complexity index is 844. The zero-order chi connectivity index (χ0) is 18.5. The van der Waals surface area contributed by atoms with Gasteiger partial charge in [0, 0.05) is 18.2 Å². The van der Waals surface area contributed by atoms with E-state index in [0.717, 1.165) is 0 Å². The Kier molecular flexibility index (Phi) is 5.17. The number of nitrogens with one attached hydrogen (secondary N) is 1. The number of esters is 1. The normalized spacial score (nSPS) is 12.2. The summed E-state index contributed by atoms with van der Waals surface area (Å²) in [6.45, 7) is 1.91. The standard InChI is InChI=1S/C19H17NO6/c1-12(21)20-15-5-2-13(3-6-15)19(23)26-11-16(22)14-4-7-17-18(10-14)25-9-8-24-17/h2-7,10H,8-9,11H2,1H3,(H,20,21). The van der Waals surface area contributed by atoms with Crippen LogP contribution in [0.4, 0.5) is 5.69 Å². The molecule has 0 aromatic heterocycles. The molecule has 0 radical (unpaired) electrons. The number of amides is 1. The molecule has 1 aliphatic rings. The summed E-state index contributed by atoms with van der Waals surface area (Å²) in [7, 11) is 0. The number of benzene rings is 2. The fourth-order valence-electron chi connectivity index (χ4n) is 2.41. The molecule has 3 rings (SSSR count). The van der Waals surface area contributed by atoms with Gasteiger partial charge in [0.15, 0.2) is 23.9 Å². The van der Waals surface area contributed by atoms with E-state index in [1.54, 1.807) is 30.3 Å². The molecule has 2 aromatic rings. The van der Waals surface area contributed by atoms with Gasteiger partial charge in [-0.3, -0.25) is 9.59 Å². The van der Waals surface area contributed by atoms with Crippen molar-refractivity contribution in [1.29, 1.82) is 0 Å². The van der Waals surface area contributed by atoms with Gasteiger partial charge in [-0.2, -0.15) is 0 Å². The second-order valence-corrected chi connectivity index (χ2v) is 5.62. The highest BCUT2D eigenvalue weighted by Crippen LogP contribution is 2.30. The van der Waals surface area contributed by atoms with Crippen LogP contribution in [0, 0.1) is 0 Å². The Morgan fingerprint density at radius 2 is 1.62 bits per heavy atom. The summed E-state index contributed by atoms with van der Waals surface area (Å²) in [6, 6.07) is 11.0. The van der Waals surface area contributed by atoms with Crippen LogP contribution in [-0.4, -0.2) is 37.5 Å². The Hall–Kier alpha value is -3.35. The van der Waals surface area contributed by atoms with E-state index in [2.05, 4.69) is 5.32 Å². The van der Waals surface area contributed by atoms with E-state index >= 15 is 0 Å². The molecule has 134 valence electrons. The molecule has 0 bridgehead atoms. The van der Waals surface area contributed by atoms with E-state index in [1.807, 2.05) is 0 Å². The number of ether oxygens (including phenoxy) is 3. The van der Waals surface area contributed by atoms with Crippen LogP contribution in [-0.2, 0) is 9.53 Å². The van der Waals surface area contributed by atoms with Crippen molar-refractivity contribution >= 4 is 23.3 Å². The molecule has 1 heterocycles. The predicted molar refractivity (Wildman–Crippen MR) is 92.8 cm³/mol. The van der Waals surface area contributed by atoms with Crippen LogP contribution in [0.5, 0.6) is 11.5 Å². The summed E-state index contributed by atoms with van der Waals surface area (Å²) in [5.74, 6) is -0.0770. The molecule has 1 amide bonds. The highest BCUT2D eigenvalue weighted by Gasteiger charge is 2.16. The third kappa shape index (κ3) is 4.18. The number of anilines is 1. The van der Waals surface area contributed by atoms with Crippen molar-refractivity contribution < 1.29 is 28.6 Å². The molecule has 0 aliphatic carbocycles. The quantitative estimate of drug-likeness (QED) is 0.654. The molecule has 0 saturated carbocycles. The van der Waals surface area contributed by atoms with E-state index < -0.39 is 5.97 Å².